The van der Waals surface area contributed by atoms with Crippen molar-refractivity contribution in [2.24, 2.45) is 5.92 Å². The van der Waals surface area contributed by atoms with Crippen LogP contribution in [0.4, 0.5) is 0 Å². The highest BCUT2D eigenvalue weighted by molar-refractivity contribution is 6.02. The molecule has 1 atom stereocenters. The van der Waals surface area contributed by atoms with E-state index in [2.05, 4.69) is 17.0 Å². The zero-order valence-corrected chi connectivity index (χ0v) is 10.1. The Hall–Kier alpha value is -1.48. The molecule has 1 fully saturated rings. The first-order valence-electron chi connectivity index (χ1n) is 5.96. The van der Waals surface area contributed by atoms with Crippen LogP contribution in [0.3, 0.4) is 0 Å². The fourth-order valence-corrected chi connectivity index (χ4v) is 2.29. The second-order valence-corrected chi connectivity index (χ2v) is 4.61. The number of Topliss-reactive ketones (excluding diaryl/α,β-unsaturated/α-hetero) is 2. The summed E-state index contributed by atoms with van der Waals surface area (Å²) in [5.41, 5.74) is 1.21. The summed E-state index contributed by atoms with van der Waals surface area (Å²) in [7, 11) is 0. The van der Waals surface area contributed by atoms with Gasteiger partial charge in [-0.15, -0.1) is 0 Å². The molecule has 3 nitrogen and oxygen atoms in total. The highest BCUT2D eigenvalue weighted by Gasteiger charge is 2.29. The van der Waals surface area contributed by atoms with E-state index in [9.17, 15) is 9.59 Å². The minimum atomic E-state index is -0.359. The van der Waals surface area contributed by atoms with Crippen LogP contribution in [-0.4, -0.2) is 29.6 Å². The quantitative estimate of drug-likeness (QED) is 0.743. The van der Waals surface area contributed by atoms with Crippen LogP contribution in [0, 0.1) is 5.92 Å². The van der Waals surface area contributed by atoms with Gasteiger partial charge in [-0.3, -0.25) is 14.5 Å². The average Bonchev–Trinajstić information content (AvgIpc) is 2.30. The van der Waals surface area contributed by atoms with Crippen LogP contribution in [0.2, 0.25) is 0 Å². The Labute approximate surface area is 101 Å². The van der Waals surface area contributed by atoms with Crippen LogP contribution >= 0.6 is 0 Å². The van der Waals surface area contributed by atoms with E-state index in [4.69, 9.17) is 0 Å². The normalized spacial score (nSPS) is 21.5. The van der Waals surface area contributed by atoms with Gasteiger partial charge in [-0.05, 0) is 18.9 Å². The molecule has 3 heteroatoms. The predicted octanol–water partition coefficient (Wildman–Crippen LogP) is 1.67. The Kier molecular flexibility index (Phi) is 3.69. The number of piperidine rings is 1. The van der Waals surface area contributed by atoms with Crippen LogP contribution in [0.1, 0.15) is 18.9 Å². The first-order chi connectivity index (χ1) is 8.16. The number of nitrogens with zero attached hydrogens (tertiary/aromatic N) is 1. The third kappa shape index (κ3) is 3.01. The molecule has 1 aliphatic heterocycles. The van der Waals surface area contributed by atoms with E-state index in [0.717, 1.165) is 13.1 Å². The van der Waals surface area contributed by atoms with Crippen LogP contribution in [-0.2, 0) is 16.1 Å². The number of rotatable bonds is 3. The Morgan fingerprint density at radius 1 is 1.35 bits per heavy atom. The lowest BCUT2D eigenvalue weighted by molar-refractivity contribution is -0.135. The maximum Gasteiger partial charge on any atom is 0.157 e. The van der Waals surface area contributed by atoms with Gasteiger partial charge in [-0.25, -0.2) is 0 Å². The van der Waals surface area contributed by atoms with Gasteiger partial charge in [-0.1, -0.05) is 30.3 Å². The fraction of sp³-hybridized carbons (Fsp3) is 0.429. The molecule has 0 amide bonds. The van der Waals surface area contributed by atoms with Crippen LogP contribution in [0.25, 0.3) is 0 Å². The smallest absolute Gasteiger partial charge is 0.157 e. The molecule has 0 N–H and O–H groups in total. The number of likely N-dealkylation sites (tertiary alicyclic amines) is 1. The average molecular weight is 231 g/mol. The summed E-state index contributed by atoms with van der Waals surface area (Å²) < 4.78 is 0. The molecule has 1 heterocycles. The first-order valence-corrected chi connectivity index (χ1v) is 5.96. The Bertz CT molecular complexity index is 413. The summed E-state index contributed by atoms with van der Waals surface area (Å²) in [5, 5.41) is 0. The molecule has 0 saturated carbocycles. The zero-order chi connectivity index (χ0) is 12.3. The molecule has 0 aromatic heterocycles. The summed E-state index contributed by atoms with van der Waals surface area (Å²) >= 11 is 0. The molecule has 0 bridgehead atoms. The van der Waals surface area contributed by atoms with Crippen molar-refractivity contribution in [2.75, 3.05) is 13.1 Å². The largest absolute Gasteiger partial charge is 0.299 e. The number of hydrogen-bond acceptors (Lipinski definition) is 3. The highest BCUT2D eigenvalue weighted by Crippen LogP contribution is 2.17. The van der Waals surface area contributed by atoms with Crippen LogP contribution < -0.4 is 0 Å². The lowest BCUT2D eigenvalue weighted by Gasteiger charge is -2.29. The van der Waals surface area contributed by atoms with Crippen molar-refractivity contribution in [3.63, 3.8) is 0 Å². The van der Waals surface area contributed by atoms with Crippen molar-refractivity contribution in [2.45, 2.75) is 19.9 Å². The first kappa shape index (κ1) is 12.0. The Morgan fingerprint density at radius 3 is 2.65 bits per heavy atom. The minimum Gasteiger partial charge on any atom is -0.299 e. The van der Waals surface area contributed by atoms with Crippen LogP contribution in [0.15, 0.2) is 30.3 Å². The van der Waals surface area contributed by atoms with Crippen molar-refractivity contribution in [1.29, 1.82) is 0 Å². The van der Waals surface area contributed by atoms with Gasteiger partial charge in [0.1, 0.15) is 5.78 Å². The lowest BCUT2D eigenvalue weighted by Crippen LogP contribution is -2.42. The lowest BCUT2D eigenvalue weighted by atomic mass is 9.92. The second kappa shape index (κ2) is 5.23. The maximum absolute atomic E-state index is 11.8. The van der Waals surface area contributed by atoms with E-state index in [1.54, 1.807) is 0 Å². The van der Waals surface area contributed by atoms with Crippen molar-refractivity contribution in [3.8, 4) is 0 Å². The minimum absolute atomic E-state index is 0.00867. The molecular weight excluding hydrogens is 214 g/mol. The number of ketones is 2. The summed E-state index contributed by atoms with van der Waals surface area (Å²) in [6.45, 7) is 3.52. The van der Waals surface area contributed by atoms with Crippen molar-refractivity contribution < 1.29 is 9.59 Å². The predicted molar refractivity (Wildman–Crippen MR) is 65.5 cm³/mol. The summed E-state index contributed by atoms with van der Waals surface area (Å²) in [4.78, 5) is 25.1. The van der Waals surface area contributed by atoms with E-state index in [1.807, 2.05) is 18.2 Å². The van der Waals surface area contributed by atoms with E-state index in [-0.39, 0.29) is 17.5 Å². The van der Waals surface area contributed by atoms with Gasteiger partial charge < -0.3 is 0 Å². The van der Waals surface area contributed by atoms with Crippen LogP contribution in [0.5, 0.6) is 0 Å². The number of carbonyl (C=O) groups excluding carboxylic acids is 2. The van der Waals surface area contributed by atoms with Crippen molar-refractivity contribution in [3.05, 3.63) is 35.9 Å². The highest BCUT2D eigenvalue weighted by atomic mass is 16.2. The third-order valence-electron chi connectivity index (χ3n) is 3.24. The number of hydrogen-bond donors (Lipinski definition) is 0. The van der Waals surface area contributed by atoms with Crippen molar-refractivity contribution >= 4 is 11.6 Å². The zero-order valence-electron chi connectivity index (χ0n) is 10.1. The SMILES string of the molecule is CC(=O)C1CCN(Cc2ccccc2)CC1=O. The molecule has 90 valence electrons. The molecule has 2 rings (SSSR count). The molecule has 17 heavy (non-hydrogen) atoms. The standard InChI is InChI=1S/C14H17NO2/c1-11(16)13-7-8-15(10-14(13)17)9-12-5-3-2-4-6-12/h2-6,13H,7-10H2,1H3. The molecule has 1 aliphatic rings. The van der Waals surface area contributed by atoms with Gasteiger partial charge >= 0.3 is 0 Å². The van der Waals surface area contributed by atoms with Gasteiger partial charge in [0, 0.05) is 13.1 Å². The molecular formula is C14H17NO2. The third-order valence-corrected chi connectivity index (χ3v) is 3.24. The summed E-state index contributed by atoms with van der Waals surface area (Å²) in [6, 6.07) is 10.1. The molecule has 1 saturated heterocycles. The monoisotopic (exact) mass is 231 g/mol. The van der Waals surface area contributed by atoms with E-state index < -0.39 is 0 Å². The Morgan fingerprint density at radius 2 is 2.06 bits per heavy atom. The molecule has 1 unspecified atom stereocenters. The summed E-state index contributed by atoms with van der Waals surface area (Å²) in [6.07, 6.45) is 0.668. The number of carbonyl (C=O) groups is 2. The van der Waals surface area contributed by atoms with Gasteiger partial charge in [0.15, 0.2) is 5.78 Å². The maximum atomic E-state index is 11.8. The van der Waals surface area contributed by atoms with E-state index >= 15 is 0 Å². The Balaban J connectivity index is 1.94. The topological polar surface area (TPSA) is 37.4 Å². The van der Waals surface area contributed by atoms with Gasteiger partial charge in [0.05, 0.1) is 12.5 Å². The van der Waals surface area contributed by atoms with Gasteiger partial charge in [0.2, 0.25) is 0 Å². The van der Waals surface area contributed by atoms with Gasteiger partial charge in [0.25, 0.3) is 0 Å². The number of benzene rings is 1. The molecule has 1 aromatic rings. The van der Waals surface area contributed by atoms with E-state index in [1.165, 1.54) is 12.5 Å². The molecule has 0 spiro atoms. The molecule has 1 aromatic carbocycles. The molecule has 0 aliphatic carbocycles. The molecule has 0 radical (unpaired) electrons. The van der Waals surface area contributed by atoms with Gasteiger partial charge in [-0.2, -0.15) is 0 Å². The summed E-state index contributed by atoms with van der Waals surface area (Å²) in [5.74, 6) is -0.281. The fourth-order valence-electron chi connectivity index (χ4n) is 2.29. The second-order valence-electron chi connectivity index (χ2n) is 4.61. The van der Waals surface area contributed by atoms with Crippen molar-refractivity contribution in [1.82, 2.24) is 4.90 Å². The van der Waals surface area contributed by atoms with E-state index in [0.29, 0.717) is 13.0 Å².